The van der Waals surface area contributed by atoms with E-state index in [1.165, 1.54) is 10.8 Å². The van der Waals surface area contributed by atoms with Crippen LogP contribution in [0.15, 0.2) is 60.8 Å². The highest BCUT2D eigenvalue weighted by molar-refractivity contribution is 5.94. The Balaban J connectivity index is 1.33. The van der Waals surface area contributed by atoms with E-state index in [0.717, 1.165) is 5.56 Å². The SMILES string of the molecule is O=C(NC1COc2nc([N+](=O)[O-])cn2C1)c1ccc(OCc2ccccc2)cc1. The van der Waals surface area contributed by atoms with Gasteiger partial charge in [0.05, 0.1) is 12.6 Å². The second-order valence-electron chi connectivity index (χ2n) is 6.57. The average molecular weight is 394 g/mol. The van der Waals surface area contributed by atoms with Crippen molar-refractivity contribution in [2.75, 3.05) is 6.61 Å². The minimum atomic E-state index is -0.580. The van der Waals surface area contributed by atoms with Crippen LogP contribution in [0.3, 0.4) is 0 Å². The van der Waals surface area contributed by atoms with E-state index in [1.54, 1.807) is 24.3 Å². The van der Waals surface area contributed by atoms with Gasteiger partial charge in [0.25, 0.3) is 5.91 Å². The van der Waals surface area contributed by atoms with Gasteiger partial charge in [-0.3, -0.25) is 9.36 Å². The summed E-state index contributed by atoms with van der Waals surface area (Å²) in [6.07, 6.45) is 1.30. The molecule has 2 aromatic carbocycles. The van der Waals surface area contributed by atoms with Gasteiger partial charge in [-0.15, -0.1) is 0 Å². The molecule has 29 heavy (non-hydrogen) atoms. The molecule has 0 saturated heterocycles. The number of amides is 1. The minimum Gasteiger partial charge on any atom is -0.489 e. The highest BCUT2D eigenvalue weighted by Gasteiger charge is 2.28. The molecule has 0 saturated carbocycles. The van der Waals surface area contributed by atoms with Crippen LogP contribution in [-0.4, -0.2) is 33.0 Å². The number of hydrogen-bond donors (Lipinski definition) is 1. The molecule has 1 aliphatic heterocycles. The van der Waals surface area contributed by atoms with Crippen LogP contribution < -0.4 is 14.8 Å². The molecular weight excluding hydrogens is 376 g/mol. The lowest BCUT2D eigenvalue weighted by Gasteiger charge is -2.23. The summed E-state index contributed by atoms with van der Waals surface area (Å²) in [4.78, 5) is 26.5. The number of nitrogens with one attached hydrogen (secondary N) is 1. The van der Waals surface area contributed by atoms with Crippen molar-refractivity contribution < 1.29 is 19.2 Å². The van der Waals surface area contributed by atoms with Crippen molar-refractivity contribution in [3.63, 3.8) is 0 Å². The number of hydrogen-bond acceptors (Lipinski definition) is 6. The molecule has 9 heteroatoms. The Kier molecular flexibility index (Phi) is 5.10. The van der Waals surface area contributed by atoms with Crippen LogP contribution in [0.4, 0.5) is 5.82 Å². The van der Waals surface area contributed by atoms with Crippen LogP contribution in [0, 0.1) is 10.1 Å². The Morgan fingerprint density at radius 3 is 2.72 bits per heavy atom. The Morgan fingerprint density at radius 1 is 1.24 bits per heavy atom. The summed E-state index contributed by atoms with van der Waals surface area (Å²) in [5.41, 5.74) is 1.55. The first kappa shape index (κ1) is 18.5. The molecule has 148 valence electrons. The number of carbonyl (C=O) groups is 1. The number of nitro groups is 1. The third-order valence-electron chi connectivity index (χ3n) is 4.45. The van der Waals surface area contributed by atoms with Crippen LogP contribution in [-0.2, 0) is 13.2 Å². The molecule has 4 rings (SSSR count). The largest absolute Gasteiger partial charge is 0.489 e. The van der Waals surface area contributed by atoms with E-state index in [0.29, 0.717) is 24.5 Å². The zero-order valence-corrected chi connectivity index (χ0v) is 15.4. The highest BCUT2D eigenvalue weighted by atomic mass is 16.6. The van der Waals surface area contributed by atoms with Gasteiger partial charge in [-0.1, -0.05) is 30.3 Å². The second kappa shape index (κ2) is 8.01. The van der Waals surface area contributed by atoms with Gasteiger partial charge in [0.2, 0.25) is 0 Å². The molecular formula is C20H18N4O5. The number of carbonyl (C=O) groups excluding carboxylic acids is 1. The Hall–Kier alpha value is -3.88. The lowest BCUT2D eigenvalue weighted by atomic mass is 10.2. The van der Waals surface area contributed by atoms with E-state index >= 15 is 0 Å². The van der Waals surface area contributed by atoms with E-state index in [4.69, 9.17) is 9.47 Å². The first-order valence-electron chi connectivity index (χ1n) is 9.00. The molecule has 2 heterocycles. The normalized spacial score (nSPS) is 15.1. The van der Waals surface area contributed by atoms with Gasteiger partial charge in [-0.2, -0.15) is 0 Å². The molecule has 3 aromatic rings. The minimum absolute atomic E-state index is 0.183. The number of benzene rings is 2. The van der Waals surface area contributed by atoms with Gasteiger partial charge in [-0.05, 0) is 34.8 Å². The fourth-order valence-corrected chi connectivity index (χ4v) is 2.98. The molecule has 0 bridgehead atoms. The molecule has 0 radical (unpaired) electrons. The van der Waals surface area contributed by atoms with Gasteiger partial charge in [0.15, 0.2) is 0 Å². The maximum absolute atomic E-state index is 12.5. The molecule has 0 aliphatic carbocycles. The molecule has 1 aliphatic rings. The van der Waals surface area contributed by atoms with Gasteiger partial charge in [-0.25, -0.2) is 0 Å². The number of ether oxygens (including phenoxy) is 2. The summed E-state index contributed by atoms with van der Waals surface area (Å²) < 4.78 is 12.7. The van der Waals surface area contributed by atoms with Crippen LogP contribution in [0.1, 0.15) is 15.9 Å². The van der Waals surface area contributed by atoms with Gasteiger partial charge < -0.3 is 24.9 Å². The molecule has 0 fully saturated rings. The van der Waals surface area contributed by atoms with Crippen molar-refractivity contribution >= 4 is 11.7 Å². The maximum atomic E-state index is 12.5. The summed E-state index contributed by atoms with van der Waals surface area (Å²) >= 11 is 0. The first-order chi connectivity index (χ1) is 14.1. The third-order valence-corrected chi connectivity index (χ3v) is 4.45. The molecule has 1 aromatic heterocycles. The summed E-state index contributed by atoms with van der Waals surface area (Å²) in [5, 5.41) is 13.7. The number of nitrogens with zero attached hydrogens (tertiary/aromatic N) is 3. The topological polar surface area (TPSA) is 109 Å². The van der Waals surface area contributed by atoms with Crippen LogP contribution in [0.5, 0.6) is 11.8 Å². The van der Waals surface area contributed by atoms with E-state index in [9.17, 15) is 14.9 Å². The smallest absolute Gasteiger partial charge is 0.414 e. The third kappa shape index (κ3) is 4.34. The second-order valence-corrected chi connectivity index (χ2v) is 6.57. The maximum Gasteiger partial charge on any atom is 0.414 e. The van der Waals surface area contributed by atoms with Crippen molar-refractivity contribution in [3.05, 3.63) is 82.0 Å². The molecule has 1 N–H and O–H groups in total. The van der Waals surface area contributed by atoms with Crippen molar-refractivity contribution in [2.24, 2.45) is 0 Å². The predicted octanol–water partition coefficient (Wildman–Crippen LogP) is 2.56. The first-order valence-corrected chi connectivity index (χ1v) is 9.00. The molecule has 0 spiro atoms. The summed E-state index contributed by atoms with van der Waals surface area (Å²) in [6.45, 7) is 0.990. The molecule has 1 amide bonds. The zero-order chi connectivity index (χ0) is 20.2. The fourth-order valence-electron chi connectivity index (χ4n) is 2.98. The van der Waals surface area contributed by atoms with Gasteiger partial charge in [0.1, 0.15) is 25.2 Å². The predicted molar refractivity (Wildman–Crippen MR) is 103 cm³/mol. The van der Waals surface area contributed by atoms with E-state index in [-0.39, 0.29) is 30.4 Å². The van der Waals surface area contributed by atoms with Crippen molar-refractivity contribution in [1.29, 1.82) is 0 Å². The lowest BCUT2D eigenvalue weighted by Crippen LogP contribution is -2.44. The molecule has 1 unspecified atom stereocenters. The van der Waals surface area contributed by atoms with Crippen LogP contribution in [0.2, 0.25) is 0 Å². The van der Waals surface area contributed by atoms with E-state index in [1.807, 2.05) is 30.3 Å². The van der Waals surface area contributed by atoms with Crippen molar-refractivity contribution in [3.8, 4) is 11.8 Å². The zero-order valence-electron chi connectivity index (χ0n) is 15.4. The highest BCUT2D eigenvalue weighted by Crippen LogP contribution is 2.21. The van der Waals surface area contributed by atoms with Crippen LogP contribution in [0.25, 0.3) is 0 Å². The summed E-state index contributed by atoms with van der Waals surface area (Å²) in [7, 11) is 0. The number of imidazole rings is 1. The molecule has 9 nitrogen and oxygen atoms in total. The van der Waals surface area contributed by atoms with Crippen molar-refractivity contribution in [2.45, 2.75) is 19.2 Å². The van der Waals surface area contributed by atoms with Crippen LogP contribution >= 0.6 is 0 Å². The standard InChI is InChI=1S/C20H18N4O5/c25-19(21-16-10-23-11-18(24(26)27)22-20(23)29-13-16)15-6-8-17(9-7-15)28-12-14-4-2-1-3-5-14/h1-9,11,16H,10,12-13H2,(H,21,25). The van der Waals surface area contributed by atoms with Crippen molar-refractivity contribution in [1.82, 2.24) is 14.9 Å². The summed E-state index contributed by atoms with van der Waals surface area (Å²) in [6, 6.07) is 16.5. The lowest BCUT2D eigenvalue weighted by molar-refractivity contribution is -0.389. The molecule has 1 atom stereocenters. The Labute approximate surface area is 166 Å². The average Bonchev–Trinajstić information content (AvgIpc) is 3.17. The van der Waals surface area contributed by atoms with E-state index < -0.39 is 4.92 Å². The Bertz CT molecular complexity index is 1020. The summed E-state index contributed by atoms with van der Waals surface area (Å²) in [5.74, 6) is 0.131. The van der Waals surface area contributed by atoms with Gasteiger partial charge >= 0.3 is 11.8 Å². The number of aromatic nitrogens is 2. The Morgan fingerprint density at radius 2 is 2.00 bits per heavy atom. The quantitative estimate of drug-likeness (QED) is 0.508. The van der Waals surface area contributed by atoms with Gasteiger partial charge in [0, 0.05) is 10.5 Å². The monoisotopic (exact) mass is 394 g/mol. The number of fused-ring (bicyclic) bond motifs is 1. The van der Waals surface area contributed by atoms with E-state index in [2.05, 4.69) is 10.3 Å². The fraction of sp³-hybridized carbons (Fsp3) is 0.200. The number of rotatable bonds is 6.